The third-order valence-electron chi connectivity index (χ3n) is 11.0. The average Bonchev–Trinajstić information content (AvgIpc) is 4.06. The number of anilines is 3. The summed E-state index contributed by atoms with van der Waals surface area (Å²) in [5.74, 6) is -3.62. The standard InChI is InChI=1S/C18H14F2N2OS.C14H11FN2S.C7H8BFO2.C7H5BrN2S.C4H5FO2/c1-9-3-2-4-12(19)16(9)10-5-6-14-15(7-10)24-18(21-14)22-17(23)11-8-13(11)20;1-8-3-2-4-10(15)13(8)9-5-6-11-12(7-9)18-14(16)17-11;1-5-3-2-4-6(9)7(5)8(10)11;8-4-1-2-5-6(3-4)11-7(9)10-5;5-3-1-2(3)4(6)7/h2-7,11,13H,8H2,1H3,(H,21,22,23);2-7H,1H3,(H2,16,17);2-4,10-11H,1H3;1-3H,(H2,9,10);2-3H,1H2,(H,6,7)/t11-,13+;;;;2-,3+/m1...1/s1. The SMILES string of the molecule is Cc1cccc(F)c1-c1ccc2nc(N)sc2c1.Cc1cccc(F)c1-c1ccc2nc(NC(=O)[C@@H]3C[C@@H]3F)sc2c1.Cc1cccc(F)c1B(O)O.Nc1nc2ccc(Br)cc2s1.O=C(O)[C@@H]1C[C@@H]1F. The molecule has 11 nitrogen and oxygen atoms in total. The Labute approximate surface area is 424 Å². The van der Waals surface area contributed by atoms with Crippen molar-refractivity contribution in [2.45, 2.75) is 46.0 Å². The minimum atomic E-state index is -1.73. The number of amides is 1. The number of aromatic nitrogens is 3. The minimum absolute atomic E-state index is 0.0486. The van der Waals surface area contributed by atoms with Gasteiger partial charge in [-0.15, -0.1) is 0 Å². The quantitative estimate of drug-likeness (QED) is 0.0688. The second kappa shape index (κ2) is 22.8. The molecule has 21 heteroatoms. The molecule has 0 unspecified atom stereocenters. The maximum atomic E-state index is 14.1. The van der Waals surface area contributed by atoms with Gasteiger partial charge in [0.05, 0.1) is 42.5 Å². The minimum Gasteiger partial charge on any atom is -0.481 e. The van der Waals surface area contributed by atoms with Crippen LogP contribution in [0.4, 0.5) is 37.3 Å². The van der Waals surface area contributed by atoms with Crippen LogP contribution in [0.2, 0.25) is 0 Å². The van der Waals surface area contributed by atoms with Crippen molar-refractivity contribution in [1.29, 1.82) is 0 Å². The maximum Gasteiger partial charge on any atom is 0.491 e. The third-order valence-corrected chi connectivity index (χ3v) is 14.1. The number of hydrogen-bond donors (Lipinski definition) is 6. The lowest BCUT2D eigenvalue weighted by Crippen LogP contribution is -2.34. The highest BCUT2D eigenvalue weighted by molar-refractivity contribution is 9.10. The molecular formula is C50H43BBrF5N6O5S3. The fourth-order valence-corrected chi connectivity index (χ4v) is 10.1. The number of carbonyl (C=O) groups excluding carboxylic acids is 1. The number of rotatable bonds is 6. The molecule has 2 aliphatic carbocycles. The Morgan fingerprint density at radius 1 is 0.634 bits per heavy atom. The molecule has 2 saturated carbocycles. The molecule has 6 aromatic carbocycles. The predicted molar refractivity (Wildman–Crippen MR) is 279 cm³/mol. The fraction of sp³-hybridized carbons (Fsp3) is 0.180. The number of carboxylic acids is 1. The number of thiazole rings is 3. The predicted octanol–water partition coefficient (Wildman–Crippen LogP) is 11.6. The smallest absolute Gasteiger partial charge is 0.481 e. The summed E-state index contributed by atoms with van der Waals surface area (Å²) in [6.45, 7) is 5.39. The van der Waals surface area contributed by atoms with Crippen LogP contribution in [0.15, 0.2) is 114 Å². The zero-order valence-electron chi connectivity index (χ0n) is 37.8. The van der Waals surface area contributed by atoms with Crippen molar-refractivity contribution < 1.29 is 46.7 Å². The number of nitrogen functional groups attached to an aromatic ring is 2. The topological polar surface area (TPSA) is 198 Å². The molecule has 366 valence electrons. The summed E-state index contributed by atoms with van der Waals surface area (Å²) in [5.41, 5.74) is 18.9. The monoisotopic (exact) mass is 1090 g/mol. The molecule has 3 aromatic heterocycles. The fourth-order valence-electron chi connectivity index (χ4n) is 7.17. The van der Waals surface area contributed by atoms with Gasteiger partial charge in [0.15, 0.2) is 15.4 Å². The van der Waals surface area contributed by atoms with Crippen molar-refractivity contribution in [3.63, 3.8) is 0 Å². The second-order valence-electron chi connectivity index (χ2n) is 16.4. The Balaban J connectivity index is 0.000000139. The summed E-state index contributed by atoms with van der Waals surface area (Å²) < 4.78 is 69.4. The molecule has 0 aliphatic heterocycles. The van der Waals surface area contributed by atoms with E-state index in [4.69, 9.17) is 26.6 Å². The van der Waals surface area contributed by atoms with Gasteiger partial charge in [-0.1, -0.05) is 98.5 Å². The molecule has 4 atom stereocenters. The van der Waals surface area contributed by atoms with Gasteiger partial charge >= 0.3 is 13.1 Å². The zero-order valence-corrected chi connectivity index (χ0v) is 41.9. The van der Waals surface area contributed by atoms with E-state index in [2.05, 4.69) is 36.2 Å². The van der Waals surface area contributed by atoms with Gasteiger partial charge in [-0.2, -0.15) is 0 Å². The molecule has 71 heavy (non-hydrogen) atoms. The molecule has 0 saturated heterocycles. The molecule has 3 heterocycles. The van der Waals surface area contributed by atoms with Gasteiger partial charge in [0.25, 0.3) is 0 Å². The van der Waals surface area contributed by atoms with Gasteiger partial charge < -0.3 is 31.9 Å². The summed E-state index contributed by atoms with van der Waals surface area (Å²) in [4.78, 5) is 34.2. The van der Waals surface area contributed by atoms with Crippen molar-refractivity contribution in [3.8, 4) is 22.3 Å². The van der Waals surface area contributed by atoms with Gasteiger partial charge in [0, 0.05) is 21.1 Å². The Bertz CT molecular complexity index is 3340. The molecule has 11 rings (SSSR count). The summed E-state index contributed by atoms with van der Waals surface area (Å²) in [7, 11) is -1.73. The first-order valence-electron chi connectivity index (χ1n) is 21.6. The van der Waals surface area contributed by atoms with Gasteiger partial charge in [-0.25, -0.2) is 36.9 Å². The summed E-state index contributed by atoms with van der Waals surface area (Å²) in [6, 6.07) is 31.5. The average molecular weight is 1090 g/mol. The first-order valence-corrected chi connectivity index (χ1v) is 24.8. The van der Waals surface area contributed by atoms with E-state index < -0.39 is 43.1 Å². The van der Waals surface area contributed by atoms with Crippen LogP contribution >= 0.6 is 49.9 Å². The van der Waals surface area contributed by atoms with Crippen molar-refractivity contribution >= 4 is 120 Å². The summed E-state index contributed by atoms with van der Waals surface area (Å²) in [5, 5.41) is 29.6. The van der Waals surface area contributed by atoms with E-state index in [1.54, 1.807) is 31.2 Å². The molecule has 2 fully saturated rings. The van der Waals surface area contributed by atoms with Crippen LogP contribution in [-0.4, -0.2) is 61.4 Å². The van der Waals surface area contributed by atoms with E-state index in [1.165, 1.54) is 58.3 Å². The number of fused-ring (bicyclic) bond motifs is 3. The van der Waals surface area contributed by atoms with Crippen LogP contribution in [0, 0.1) is 50.1 Å². The maximum absolute atomic E-state index is 14.1. The van der Waals surface area contributed by atoms with Gasteiger partial charge in [-0.3, -0.25) is 9.59 Å². The van der Waals surface area contributed by atoms with E-state index in [-0.39, 0.29) is 35.8 Å². The Hall–Kier alpha value is -6.36. The summed E-state index contributed by atoms with van der Waals surface area (Å²) >= 11 is 7.60. The van der Waals surface area contributed by atoms with E-state index >= 15 is 0 Å². The lowest BCUT2D eigenvalue weighted by molar-refractivity contribution is -0.138. The molecule has 1 amide bonds. The zero-order chi connectivity index (χ0) is 51.3. The Morgan fingerprint density at radius 2 is 1.07 bits per heavy atom. The molecule has 0 radical (unpaired) electrons. The number of hydrogen-bond acceptors (Lipinski definition) is 12. The number of carbonyl (C=O) groups is 2. The molecule has 2 aliphatic rings. The normalized spacial score (nSPS) is 16.3. The number of aryl methyl sites for hydroxylation is 3. The largest absolute Gasteiger partial charge is 0.491 e. The number of nitrogens with one attached hydrogen (secondary N) is 1. The van der Waals surface area contributed by atoms with Gasteiger partial charge in [0.2, 0.25) is 5.91 Å². The van der Waals surface area contributed by atoms with Crippen LogP contribution < -0.4 is 22.2 Å². The Morgan fingerprint density at radius 3 is 1.49 bits per heavy atom. The summed E-state index contributed by atoms with van der Waals surface area (Å²) in [6.07, 6.45) is -1.59. The highest BCUT2D eigenvalue weighted by atomic mass is 79.9. The number of nitrogens with two attached hydrogens (primary N) is 2. The first kappa shape index (κ1) is 52.5. The molecule has 9 aromatic rings. The molecule has 8 N–H and O–H groups in total. The second-order valence-corrected chi connectivity index (χ2v) is 20.4. The van der Waals surface area contributed by atoms with Crippen molar-refractivity contribution in [2.24, 2.45) is 11.8 Å². The van der Waals surface area contributed by atoms with Crippen LogP contribution in [0.1, 0.15) is 29.5 Å². The number of alkyl halides is 2. The molecule has 0 bridgehead atoms. The number of aliphatic carboxylic acids is 1. The van der Waals surface area contributed by atoms with Crippen molar-refractivity contribution in [3.05, 3.63) is 148 Å². The van der Waals surface area contributed by atoms with Crippen LogP contribution in [0.25, 0.3) is 52.9 Å². The van der Waals surface area contributed by atoms with E-state index in [1.807, 2.05) is 74.5 Å². The van der Waals surface area contributed by atoms with E-state index in [0.29, 0.717) is 32.1 Å². The van der Waals surface area contributed by atoms with Gasteiger partial charge in [-0.05, 0) is 122 Å². The van der Waals surface area contributed by atoms with Gasteiger partial charge in [0.1, 0.15) is 29.8 Å². The Kier molecular flexibility index (Phi) is 16.9. The van der Waals surface area contributed by atoms with Crippen molar-refractivity contribution in [2.75, 3.05) is 16.8 Å². The highest BCUT2D eigenvalue weighted by Gasteiger charge is 2.44. The highest BCUT2D eigenvalue weighted by Crippen LogP contribution is 2.38. The van der Waals surface area contributed by atoms with E-state index in [9.17, 15) is 31.5 Å². The lowest BCUT2D eigenvalue weighted by Gasteiger charge is -2.07. The molecule has 0 spiro atoms. The molecular weight excluding hydrogens is 1050 g/mol. The van der Waals surface area contributed by atoms with E-state index in [0.717, 1.165) is 57.4 Å². The number of nitrogens with zero attached hydrogens (tertiary/aromatic N) is 3. The number of carboxylic acid groups (broad SMARTS) is 1. The first-order chi connectivity index (χ1) is 33.8. The van der Waals surface area contributed by atoms with Crippen LogP contribution in [-0.2, 0) is 9.59 Å². The third kappa shape index (κ3) is 13.3. The number of halogens is 6. The van der Waals surface area contributed by atoms with Crippen LogP contribution in [0.5, 0.6) is 0 Å². The number of benzene rings is 6. The van der Waals surface area contributed by atoms with Crippen molar-refractivity contribution in [1.82, 2.24) is 15.0 Å². The van der Waals surface area contributed by atoms with Crippen LogP contribution in [0.3, 0.4) is 0 Å². The lowest BCUT2D eigenvalue weighted by atomic mass is 9.77.